The zero-order chi connectivity index (χ0) is 16.8. The van der Waals surface area contributed by atoms with Crippen LogP contribution in [-0.4, -0.2) is 32.4 Å². The molecule has 1 aliphatic rings. The second kappa shape index (κ2) is 8.15. The second-order valence-corrected chi connectivity index (χ2v) is 7.31. The number of amides is 1. The van der Waals surface area contributed by atoms with E-state index in [1.165, 1.54) is 24.6 Å². The molecule has 5 nitrogen and oxygen atoms in total. The van der Waals surface area contributed by atoms with Crippen molar-refractivity contribution in [2.45, 2.75) is 49.1 Å². The van der Waals surface area contributed by atoms with Crippen LogP contribution in [0.25, 0.3) is 12.2 Å². The highest BCUT2D eigenvalue weighted by molar-refractivity contribution is 8.00. The zero-order valence-corrected chi connectivity index (χ0v) is 14.6. The lowest BCUT2D eigenvalue weighted by molar-refractivity contribution is -0.120. The zero-order valence-electron chi connectivity index (χ0n) is 13.7. The number of carbonyl (C=O) groups excluding carboxylic acids is 1. The minimum Gasteiger partial charge on any atom is -0.352 e. The summed E-state index contributed by atoms with van der Waals surface area (Å²) in [5, 5.41) is 10.6. The van der Waals surface area contributed by atoms with Crippen molar-refractivity contribution in [2.75, 3.05) is 0 Å². The van der Waals surface area contributed by atoms with Gasteiger partial charge in [0.1, 0.15) is 5.82 Å². The second-order valence-electron chi connectivity index (χ2n) is 6.00. The SMILES string of the molecule is CC(Sc1n[nH]c(/C=C/c2ccccc2)n1)C(=O)NC1CCCC1. The summed E-state index contributed by atoms with van der Waals surface area (Å²) in [5.74, 6) is 0.753. The summed E-state index contributed by atoms with van der Waals surface area (Å²) in [6.07, 6.45) is 8.48. The fourth-order valence-electron chi connectivity index (χ4n) is 2.73. The number of nitrogens with zero attached hydrogens (tertiary/aromatic N) is 2. The van der Waals surface area contributed by atoms with Crippen molar-refractivity contribution in [1.82, 2.24) is 20.5 Å². The van der Waals surface area contributed by atoms with Gasteiger partial charge < -0.3 is 5.32 Å². The molecule has 3 rings (SSSR count). The van der Waals surface area contributed by atoms with Gasteiger partial charge in [-0.25, -0.2) is 4.98 Å². The molecule has 1 atom stereocenters. The first-order valence-corrected chi connectivity index (χ1v) is 9.21. The Labute approximate surface area is 146 Å². The molecule has 6 heteroatoms. The molecule has 1 unspecified atom stereocenters. The average Bonchev–Trinajstić information content (AvgIpc) is 3.26. The van der Waals surface area contributed by atoms with Gasteiger partial charge in [0.15, 0.2) is 0 Å². The molecule has 1 saturated carbocycles. The number of hydrogen-bond acceptors (Lipinski definition) is 4. The maximum absolute atomic E-state index is 12.2. The lowest BCUT2D eigenvalue weighted by Gasteiger charge is -2.15. The first kappa shape index (κ1) is 16.8. The van der Waals surface area contributed by atoms with Crippen molar-refractivity contribution in [3.8, 4) is 0 Å². The van der Waals surface area contributed by atoms with Crippen LogP contribution < -0.4 is 5.32 Å². The number of carbonyl (C=O) groups is 1. The van der Waals surface area contributed by atoms with Crippen LogP contribution in [-0.2, 0) is 4.79 Å². The third-order valence-electron chi connectivity index (χ3n) is 4.07. The van der Waals surface area contributed by atoms with E-state index >= 15 is 0 Å². The molecule has 2 N–H and O–H groups in total. The smallest absolute Gasteiger partial charge is 0.233 e. The van der Waals surface area contributed by atoms with Gasteiger partial charge >= 0.3 is 0 Å². The molecule has 0 saturated heterocycles. The van der Waals surface area contributed by atoms with Gasteiger partial charge in [-0.1, -0.05) is 61.0 Å². The van der Waals surface area contributed by atoms with Crippen LogP contribution in [0.15, 0.2) is 35.5 Å². The van der Waals surface area contributed by atoms with Crippen LogP contribution in [0.3, 0.4) is 0 Å². The van der Waals surface area contributed by atoms with Gasteiger partial charge in [0.2, 0.25) is 11.1 Å². The maximum atomic E-state index is 12.2. The van der Waals surface area contributed by atoms with Gasteiger partial charge in [0, 0.05) is 6.04 Å². The number of hydrogen-bond donors (Lipinski definition) is 2. The van der Waals surface area contributed by atoms with Crippen molar-refractivity contribution >= 4 is 29.8 Å². The Morgan fingerprint density at radius 3 is 2.79 bits per heavy atom. The van der Waals surface area contributed by atoms with E-state index in [2.05, 4.69) is 20.5 Å². The van der Waals surface area contributed by atoms with Crippen LogP contribution in [0.5, 0.6) is 0 Å². The summed E-state index contributed by atoms with van der Waals surface area (Å²) in [7, 11) is 0. The highest BCUT2D eigenvalue weighted by Gasteiger charge is 2.22. The molecule has 1 fully saturated rings. The molecule has 0 bridgehead atoms. The molecule has 1 aromatic carbocycles. The Hall–Kier alpha value is -2.08. The predicted molar refractivity (Wildman–Crippen MR) is 97.5 cm³/mol. The summed E-state index contributed by atoms with van der Waals surface area (Å²) < 4.78 is 0. The highest BCUT2D eigenvalue weighted by atomic mass is 32.2. The van der Waals surface area contributed by atoms with E-state index in [0.29, 0.717) is 17.0 Å². The van der Waals surface area contributed by atoms with Crippen LogP contribution in [0, 0.1) is 0 Å². The molecule has 24 heavy (non-hydrogen) atoms. The first-order chi connectivity index (χ1) is 11.7. The minimum absolute atomic E-state index is 0.0677. The summed E-state index contributed by atoms with van der Waals surface area (Å²) >= 11 is 1.38. The Kier molecular flexibility index (Phi) is 5.69. The van der Waals surface area contributed by atoms with Crippen molar-refractivity contribution in [1.29, 1.82) is 0 Å². The number of aromatic nitrogens is 3. The van der Waals surface area contributed by atoms with Crippen molar-refractivity contribution in [2.24, 2.45) is 0 Å². The summed E-state index contributed by atoms with van der Waals surface area (Å²) in [5.41, 5.74) is 1.10. The average molecular weight is 342 g/mol. The lowest BCUT2D eigenvalue weighted by atomic mass is 10.2. The molecular formula is C18H22N4OS. The number of nitrogens with one attached hydrogen (secondary N) is 2. The Bertz CT molecular complexity index is 692. The van der Waals surface area contributed by atoms with Gasteiger partial charge in [-0.3, -0.25) is 9.89 Å². The van der Waals surface area contributed by atoms with Crippen molar-refractivity contribution in [3.05, 3.63) is 41.7 Å². The van der Waals surface area contributed by atoms with E-state index in [1.807, 2.05) is 49.4 Å². The third kappa shape index (κ3) is 4.71. The molecule has 0 aliphatic heterocycles. The molecule has 126 valence electrons. The largest absolute Gasteiger partial charge is 0.352 e. The van der Waals surface area contributed by atoms with Gasteiger partial charge in [0.25, 0.3) is 0 Å². The molecule has 1 aliphatic carbocycles. The number of benzene rings is 1. The molecule has 1 aromatic heterocycles. The predicted octanol–water partition coefficient (Wildman–Crippen LogP) is 3.51. The number of thioether (sulfide) groups is 1. The number of aromatic amines is 1. The van der Waals surface area contributed by atoms with Gasteiger partial charge in [0.05, 0.1) is 5.25 Å². The monoisotopic (exact) mass is 342 g/mol. The van der Waals surface area contributed by atoms with E-state index < -0.39 is 0 Å². The number of H-pyrrole nitrogens is 1. The fourth-order valence-corrected chi connectivity index (χ4v) is 3.47. The van der Waals surface area contributed by atoms with Crippen LogP contribution >= 0.6 is 11.8 Å². The Balaban J connectivity index is 1.53. The number of rotatable bonds is 6. The normalized spacial score (nSPS) is 16.5. The first-order valence-electron chi connectivity index (χ1n) is 8.33. The Morgan fingerprint density at radius 2 is 2.04 bits per heavy atom. The lowest BCUT2D eigenvalue weighted by Crippen LogP contribution is -2.37. The van der Waals surface area contributed by atoms with Gasteiger partial charge in [-0.15, -0.1) is 5.10 Å². The highest BCUT2D eigenvalue weighted by Crippen LogP contribution is 2.22. The minimum atomic E-state index is -0.202. The maximum Gasteiger partial charge on any atom is 0.233 e. The molecular weight excluding hydrogens is 320 g/mol. The van der Waals surface area contributed by atoms with Crippen LogP contribution in [0.2, 0.25) is 0 Å². The standard InChI is InChI=1S/C18H22N4OS/c1-13(17(23)19-15-9-5-6-10-15)24-18-20-16(21-22-18)12-11-14-7-3-2-4-8-14/h2-4,7-8,11-13,15H,5-6,9-10H2,1H3,(H,19,23)(H,20,21,22)/b12-11+. The topological polar surface area (TPSA) is 70.7 Å². The Morgan fingerprint density at radius 1 is 1.29 bits per heavy atom. The molecule has 0 radical (unpaired) electrons. The third-order valence-corrected chi connectivity index (χ3v) is 5.03. The molecule has 1 amide bonds. The van der Waals surface area contributed by atoms with Gasteiger partial charge in [-0.05, 0) is 31.4 Å². The van der Waals surface area contributed by atoms with E-state index in [4.69, 9.17) is 0 Å². The van der Waals surface area contributed by atoms with E-state index in [1.54, 1.807) is 0 Å². The molecule has 1 heterocycles. The van der Waals surface area contributed by atoms with E-state index in [0.717, 1.165) is 18.4 Å². The quantitative estimate of drug-likeness (QED) is 0.788. The van der Waals surface area contributed by atoms with Crippen LogP contribution in [0.1, 0.15) is 44.0 Å². The summed E-state index contributed by atoms with van der Waals surface area (Å²) in [6, 6.07) is 10.4. The molecule has 0 spiro atoms. The van der Waals surface area contributed by atoms with Crippen molar-refractivity contribution in [3.63, 3.8) is 0 Å². The summed E-state index contributed by atoms with van der Waals surface area (Å²) in [6.45, 7) is 1.89. The van der Waals surface area contributed by atoms with Crippen LogP contribution in [0.4, 0.5) is 0 Å². The van der Waals surface area contributed by atoms with Gasteiger partial charge in [-0.2, -0.15) is 0 Å². The van der Waals surface area contributed by atoms with E-state index in [9.17, 15) is 4.79 Å². The summed E-state index contributed by atoms with van der Waals surface area (Å²) in [4.78, 5) is 16.6. The van der Waals surface area contributed by atoms with Crippen molar-refractivity contribution < 1.29 is 4.79 Å². The fraction of sp³-hybridized carbons (Fsp3) is 0.389. The molecule has 2 aromatic rings. The van der Waals surface area contributed by atoms with E-state index in [-0.39, 0.29) is 11.2 Å².